The van der Waals surface area contributed by atoms with Crippen molar-refractivity contribution in [2.24, 2.45) is 17.3 Å². The Morgan fingerprint density at radius 1 is 0.969 bits per heavy atom. The molecule has 4 fully saturated rings. The van der Waals surface area contributed by atoms with Crippen LogP contribution in [-0.2, 0) is 26.7 Å². The van der Waals surface area contributed by atoms with Crippen molar-refractivity contribution in [2.75, 3.05) is 11.9 Å². The molecule has 4 aliphatic rings. The molecule has 1 aromatic carbocycles. The zero-order valence-electron chi connectivity index (χ0n) is 16.7. The SMILES string of the molecule is O=C(COC(=O)C12C[C@@H]3C[C@H](CC(Cl)(C3)C1)C2)Nc1cc(C(F)(F)F)cc(C(F)(F)F)c1. The third kappa shape index (κ3) is 4.56. The van der Waals surface area contributed by atoms with E-state index in [1.165, 1.54) is 0 Å². The summed E-state index contributed by atoms with van der Waals surface area (Å²) in [6.07, 6.45) is -5.75. The molecule has 0 heterocycles. The van der Waals surface area contributed by atoms with Crippen LogP contribution < -0.4 is 5.32 Å². The molecule has 0 radical (unpaired) electrons. The van der Waals surface area contributed by atoms with E-state index in [0.717, 1.165) is 19.3 Å². The number of ether oxygens (including phenoxy) is 1. The van der Waals surface area contributed by atoms with Gasteiger partial charge in [-0.25, -0.2) is 0 Å². The molecule has 176 valence electrons. The molecule has 4 bridgehead atoms. The summed E-state index contributed by atoms with van der Waals surface area (Å²) < 4.78 is 82.9. The molecule has 11 heteroatoms. The first-order chi connectivity index (χ1) is 14.7. The first-order valence-electron chi connectivity index (χ1n) is 10.1. The molecule has 4 saturated carbocycles. The van der Waals surface area contributed by atoms with Crippen LogP contribution in [0.5, 0.6) is 0 Å². The highest BCUT2D eigenvalue weighted by atomic mass is 35.5. The molecular weight excluding hydrogens is 464 g/mol. The number of hydrogen-bond acceptors (Lipinski definition) is 3. The number of nitrogens with one attached hydrogen (secondary N) is 1. The van der Waals surface area contributed by atoms with E-state index in [1.807, 2.05) is 5.32 Å². The van der Waals surface area contributed by atoms with Crippen LogP contribution in [0.15, 0.2) is 18.2 Å². The summed E-state index contributed by atoms with van der Waals surface area (Å²) in [6, 6.07) is 0.751. The fraction of sp³-hybridized carbons (Fsp3) is 0.619. The topological polar surface area (TPSA) is 55.4 Å². The summed E-state index contributed by atoms with van der Waals surface area (Å²) in [5.41, 5.74) is -4.59. The maximum Gasteiger partial charge on any atom is 0.416 e. The minimum absolute atomic E-state index is 0.0370. The van der Waals surface area contributed by atoms with Gasteiger partial charge in [-0.15, -0.1) is 11.6 Å². The highest BCUT2D eigenvalue weighted by molar-refractivity contribution is 6.24. The molecule has 0 aliphatic heterocycles. The van der Waals surface area contributed by atoms with Crippen molar-refractivity contribution in [3.8, 4) is 0 Å². The quantitative estimate of drug-likeness (QED) is 0.335. The highest BCUT2D eigenvalue weighted by Crippen LogP contribution is 2.64. The van der Waals surface area contributed by atoms with Crippen molar-refractivity contribution < 1.29 is 40.7 Å². The molecule has 1 N–H and O–H groups in total. The molecule has 5 rings (SSSR count). The number of halogens is 7. The smallest absolute Gasteiger partial charge is 0.416 e. The third-order valence-corrected chi connectivity index (χ3v) is 7.07. The Bertz CT molecular complexity index is 898. The largest absolute Gasteiger partial charge is 0.455 e. The van der Waals surface area contributed by atoms with Gasteiger partial charge in [0.2, 0.25) is 0 Å². The van der Waals surface area contributed by atoms with Gasteiger partial charge in [0.15, 0.2) is 6.61 Å². The zero-order chi connectivity index (χ0) is 23.5. The first kappa shape index (κ1) is 23.2. The van der Waals surface area contributed by atoms with E-state index >= 15 is 0 Å². The second-order valence-corrected chi connectivity index (χ2v) is 10.1. The van der Waals surface area contributed by atoms with Gasteiger partial charge in [-0.05, 0) is 68.6 Å². The summed E-state index contributed by atoms with van der Waals surface area (Å²) >= 11 is 6.67. The summed E-state index contributed by atoms with van der Waals surface area (Å²) in [5.74, 6) is -1.01. The number of amides is 1. The number of hydrogen-bond donors (Lipinski definition) is 1. The van der Waals surface area contributed by atoms with E-state index in [0.29, 0.717) is 43.2 Å². The van der Waals surface area contributed by atoms with Gasteiger partial charge in [0.05, 0.1) is 16.5 Å². The number of anilines is 1. The Morgan fingerprint density at radius 3 is 1.97 bits per heavy atom. The van der Waals surface area contributed by atoms with E-state index in [2.05, 4.69) is 0 Å². The summed E-state index contributed by atoms with van der Waals surface area (Å²) in [5, 5.41) is 1.96. The maximum atomic E-state index is 13.0. The number of carbonyl (C=O) groups excluding carboxylic acids is 2. The highest BCUT2D eigenvalue weighted by Gasteiger charge is 2.60. The lowest BCUT2D eigenvalue weighted by Gasteiger charge is -2.58. The molecule has 4 nitrogen and oxygen atoms in total. The normalized spacial score (nSPS) is 31.5. The van der Waals surface area contributed by atoms with Crippen molar-refractivity contribution >= 4 is 29.2 Å². The molecule has 0 unspecified atom stereocenters. The van der Waals surface area contributed by atoms with Gasteiger partial charge in [-0.2, -0.15) is 26.3 Å². The summed E-state index contributed by atoms with van der Waals surface area (Å²) in [6.45, 7) is -0.817. The van der Waals surface area contributed by atoms with Crippen LogP contribution in [0.3, 0.4) is 0 Å². The maximum absolute atomic E-state index is 13.0. The van der Waals surface area contributed by atoms with Gasteiger partial charge in [0.1, 0.15) is 0 Å². The fourth-order valence-corrected chi connectivity index (χ4v) is 6.59. The first-order valence-corrected chi connectivity index (χ1v) is 10.5. The molecular formula is C21H20ClF6NO3. The molecule has 0 spiro atoms. The van der Waals surface area contributed by atoms with E-state index < -0.39 is 57.9 Å². The third-order valence-electron chi connectivity index (χ3n) is 6.63. The van der Waals surface area contributed by atoms with E-state index in [9.17, 15) is 35.9 Å². The van der Waals surface area contributed by atoms with Gasteiger partial charge in [0.25, 0.3) is 5.91 Å². The van der Waals surface area contributed by atoms with Gasteiger partial charge in [0, 0.05) is 10.6 Å². The van der Waals surface area contributed by atoms with Crippen LogP contribution in [0.4, 0.5) is 32.0 Å². The minimum Gasteiger partial charge on any atom is -0.455 e. The van der Waals surface area contributed by atoms with Crippen LogP contribution >= 0.6 is 11.6 Å². The van der Waals surface area contributed by atoms with Crippen molar-refractivity contribution in [3.05, 3.63) is 29.3 Å². The molecule has 0 saturated heterocycles. The fourth-order valence-electron chi connectivity index (χ4n) is 5.90. The number of rotatable bonds is 4. The second kappa shape index (κ2) is 7.53. The van der Waals surface area contributed by atoms with Gasteiger partial charge < -0.3 is 10.1 Å². The van der Waals surface area contributed by atoms with Gasteiger partial charge in [-0.3, -0.25) is 9.59 Å². The standard InChI is InChI=1S/C21H20ClF6NO3/c22-19-7-11-1-12(8-19)6-18(5-11,10-19)17(31)32-9-16(30)29-15-3-13(20(23,24)25)2-14(4-15)21(26,27)28/h2-4,11-12H,1,5-10H2,(H,29,30)/t11-,12-,18?,19?/m0/s1. The average molecular weight is 484 g/mol. The summed E-state index contributed by atoms with van der Waals surface area (Å²) in [4.78, 5) is 24.5. The zero-order valence-corrected chi connectivity index (χ0v) is 17.5. The molecule has 1 amide bonds. The lowest BCUT2D eigenvalue weighted by Crippen LogP contribution is -2.56. The van der Waals surface area contributed by atoms with Crippen LogP contribution in [0, 0.1) is 17.3 Å². The van der Waals surface area contributed by atoms with Crippen LogP contribution in [-0.4, -0.2) is 23.4 Å². The number of esters is 1. The van der Waals surface area contributed by atoms with E-state index in [4.69, 9.17) is 16.3 Å². The van der Waals surface area contributed by atoms with Crippen LogP contribution in [0.2, 0.25) is 0 Å². The van der Waals surface area contributed by atoms with Gasteiger partial charge in [-0.1, -0.05) is 0 Å². The molecule has 0 aromatic heterocycles. The predicted molar refractivity (Wildman–Crippen MR) is 102 cm³/mol. The molecule has 32 heavy (non-hydrogen) atoms. The van der Waals surface area contributed by atoms with Crippen LogP contribution in [0.25, 0.3) is 0 Å². The number of benzene rings is 1. The van der Waals surface area contributed by atoms with Crippen molar-refractivity contribution in [3.63, 3.8) is 0 Å². The van der Waals surface area contributed by atoms with E-state index in [-0.39, 0.29) is 6.07 Å². The van der Waals surface area contributed by atoms with Crippen LogP contribution in [0.1, 0.15) is 49.7 Å². The van der Waals surface area contributed by atoms with Crippen molar-refractivity contribution in [1.29, 1.82) is 0 Å². The summed E-state index contributed by atoms with van der Waals surface area (Å²) in [7, 11) is 0. The molecule has 4 aliphatic carbocycles. The lowest BCUT2D eigenvalue weighted by atomic mass is 9.49. The number of alkyl halides is 7. The average Bonchev–Trinajstić information content (AvgIpc) is 2.62. The minimum atomic E-state index is -5.04. The Morgan fingerprint density at radius 2 is 1.50 bits per heavy atom. The Kier molecular flexibility index (Phi) is 5.46. The van der Waals surface area contributed by atoms with E-state index in [1.54, 1.807) is 0 Å². The van der Waals surface area contributed by atoms with Gasteiger partial charge >= 0.3 is 18.3 Å². The Labute approximate surface area is 184 Å². The molecule has 1 aromatic rings. The lowest BCUT2D eigenvalue weighted by molar-refractivity contribution is -0.171. The monoisotopic (exact) mass is 483 g/mol. The predicted octanol–water partition coefficient (Wildman–Crippen LogP) is 5.78. The van der Waals surface area contributed by atoms with Crippen molar-refractivity contribution in [2.45, 2.75) is 55.8 Å². The number of carbonyl (C=O) groups is 2. The van der Waals surface area contributed by atoms with Crippen molar-refractivity contribution in [1.82, 2.24) is 0 Å². The second-order valence-electron chi connectivity index (χ2n) is 9.31. The molecule has 2 atom stereocenters. The Hall–Kier alpha value is -1.97. The Balaban J connectivity index is 1.43.